The molecule has 2 aliphatic heterocycles. The second-order valence-corrected chi connectivity index (χ2v) is 7.63. The van der Waals surface area contributed by atoms with Gasteiger partial charge >= 0.3 is 0 Å². The van der Waals surface area contributed by atoms with Gasteiger partial charge in [0, 0.05) is 37.3 Å². The van der Waals surface area contributed by atoms with Crippen LogP contribution in [0.4, 0.5) is 0 Å². The molecule has 0 radical (unpaired) electrons. The summed E-state index contributed by atoms with van der Waals surface area (Å²) < 4.78 is 0. The number of nitrogens with one attached hydrogen (secondary N) is 1. The number of piperidine rings is 1. The quantitative estimate of drug-likeness (QED) is 0.838. The number of likely N-dealkylation sites (N-methyl/N-ethyl adjacent to an activating group) is 1. The van der Waals surface area contributed by atoms with Crippen molar-refractivity contribution in [2.45, 2.75) is 75.9 Å². The molecule has 2 atom stereocenters. The molecular formula is C17H33N3. The van der Waals surface area contributed by atoms with Gasteiger partial charge in [0.2, 0.25) is 0 Å². The summed E-state index contributed by atoms with van der Waals surface area (Å²) in [4.78, 5) is 5.40. The second-order valence-electron chi connectivity index (χ2n) is 7.63. The molecular weight excluding hydrogens is 246 g/mol. The fourth-order valence-corrected chi connectivity index (χ4v) is 4.55. The Bertz CT molecular complexity index is 311. The summed E-state index contributed by atoms with van der Waals surface area (Å²) in [6, 6.07) is 1.50. The van der Waals surface area contributed by atoms with Crippen LogP contribution < -0.4 is 5.32 Å². The van der Waals surface area contributed by atoms with Crippen molar-refractivity contribution < 1.29 is 0 Å². The highest BCUT2D eigenvalue weighted by Crippen LogP contribution is 2.32. The van der Waals surface area contributed by atoms with Crippen molar-refractivity contribution in [2.75, 3.05) is 33.2 Å². The van der Waals surface area contributed by atoms with Crippen LogP contribution >= 0.6 is 0 Å². The Labute approximate surface area is 125 Å². The van der Waals surface area contributed by atoms with Gasteiger partial charge in [-0.15, -0.1) is 0 Å². The molecule has 3 fully saturated rings. The molecule has 0 aromatic carbocycles. The number of rotatable bonds is 2. The Morgan fingerprint density at radius 2 is 1.90 bits per heavy atom. The number of hydrogen-bond acceptors (Lipinski definition) is 3. The molecule has 20 heavy (non-hydrogen) atoms. The van der Waals surface area contributed by atoms with Crippen molar-refractivity contribution in [2.24, 2.45) is 0 Å². The molecule has 0 aromatic rings. The van der Waals surface area contributed by atoms with Gasteiger partial charge in [0.05, 0.1) is 0 Å². The van der Waals surface area contributed by atoms with Gasteiger partial charge in [-0.1, -0.05) is 25.7 Å². The number of likely N-dealkylation sites (tertiary alicyclic amines) is 1. The molecule has 3 heteroatoms. The van der Waals surface area contributed by atoms with E-state index in [0.717, 1.165) is 6.04 Å². The van der Waals surface area contributed by atoms with Crippen LogP contribution in [0.2, 0.25) is 0 Å². The zero-order valence-electron chi connectivity index (χ0n) is 13.5. The van der Waals surface area contributed by atoms with E-state index in [2.05, 4.69) is 29.1 Å². The minimum absolute atomic E-state index is 0.456. The normalized spacial score (nSPS) is 36.3. The molecule has 0 aromatic heterocycles. The fraction of sp³-hybridized carbons (Fsp3) is 1.00. The SMILES string of the molecule is CC1CNC2(CCCCC2)CN1CC1CCCCN1C. The minimum atomic E-state index is 0.456. The third-order valence-electron chi connectivity index (χ3n) is 6.08. The van der Waals surface area contributed by atoms with E-state index in [-0.39, 0.29) is 0 Å². The number of piperazine rings is 1. The summed E-state index contributed by atoms with van der Waals surface area (Å²) in [7, 11) is 2.33. The van der Waals surface area contributed by atoms with E-state index in [0.29, 0.717) is 11.6 Å². The topological polar surface area (TPSA) is 18.5 Å². The number of nitrogens with zero attached hydrogens (tertiary/aromatic N) is 2. The van der Waals surface area contributed by atoms with Crippen molar-refractivity contribution >= 4 is 0 Å². The summed E-state index contributed by atoms with van der Waals surface area (Å²) in [6.45, 7) is 7.48. The van der Waals surface area contributed by atoms with Gasteiger partial charge < -0.3 is 10.2 Å². The predicted octanol–water partition coefficient (Wildman–Crippen LogP) is 2.47. The van der Waals surface area contributed by atoms with E-state index >= 15 is 0 Å². The van der Waals surface area contributed by atoms with Crippen LogP contribution in [0, 0.1) is 0 Å². The molecule has 2 saturated heterocycles. The van der Waals surface area contributed by atoms with Crippen molar-refractivity contribution in [3.05, 3.63) is 0 Å². The Morgan fingerprint density at radius 3 is 2.65 bits per heavy atom. The van der Waals surface area contributed by atoms with Crippen LogP contribution in [-0.4, -0.2) is 60.6 Å². The van der Waals surface area contributed by atoms with E-state index < -0.39 is 0 Å². The molecule has 116 valence electrons. The van der Waals surface area contributed by atoms with Crippen LogP contribution in [0.1, 0.15) is 58.3 Å². The molecule has 1 saturated carbocycles. The predicted molar refractivity (Wildman–Crippen MR) is 85.1 cm³/mol. The van der Waals surface area contributed by atoms with Gasteiger partial charge in [0.25, 0.3) is 0 Å². The van der Waals surface area contributed by atoms with E-state index in [4.69, 9.17) is 0 Å². The molecule has 1 spiro atoms. The minimum Gasteiger partial charge on any atom is -0.308 e. The van der Waals surface area contributed by atoms with Crippen molar-refractivity contribution in [1.29, 1.82) is 0 Å². The third-order valence-corrected chi connectivity index (χ3v) is 6.08. The highest BCUT2D eigenvalue weighted by molar-refractivity contribution is 4.99. The summed E-state index contributed by atoms with van der Waals surface area (Å²) in [5, 5.41) is 3.91. The first-order valence-corrected chi connectivity index (χ1v) is 8.88. The monoisotopic (exact) mass is 279 g/mol. The molecule has 1 aliphatic carbocycles. The molecule has 2 unspecified atom stereocenters. The maximum atomic E-state index is 3.91. The molecule has 3 rings (SSSR count). The molecule has 3 nitrogen and oxygen atoms in total. The van der Waals surface area contributed by atoms with Crippen molar-refractivity contribution in [3.8, 4) is 0 Å². The van der Waals surface area contributed by atoms with Crippen LogP contribution in [0.15, 0.2) is 0 Å². The van der Waals surface area contributed by atoms with Crippen LogP contribution in [-0.2, 0) is 0 Å². The van der Waals surface area contributed by atoms with Gasteiger partial charge in [-0.05, 0) is 46.2 Å². The standard InChI is InChI=1S/C17H33N3/c1-15-12-18-17(9-5-3-6-10-17)14-20(15)13-16-8-4-7-11-19(16)2/h15-16,18H,3-14H2,1-2H3. The second kappa shape index (κ2) is 6.33. The number of hydrogen-bond donors (Lipinski definition) is 1. The summed E-state index contributed by atoms with van der Waals surface area (Å²) in [6.07, 6.45) is 11.3. The lowest BCUT2D eigenvalue weighted by Crippen LogP contribution is -2.65. The summed E-state index contributed by atoms with van der Waals surface area (Å²) in [5.74, 6) is 0. The molecule has 0 amide bonds. The van der Waals surface area contributed by atoms with Crippen LogP contribution in [0.25, 0.3) is 0 Å². The Kier molecular flexibility index (Phi) is 4.68. The Hall–Kier alpha value is -0.120. The average molecular weight is 279 g/mol. The maximum absolute atomic E-state index is 3.91. The van der Waals surface area contributed by atoms with Gasteiger partial charge in [-0.3, -0.25) is 4.90 Å². The highest BCUT2D eigenvalue weighted by atomic mass is 15.3. The van der Waals surface area contributed by atoms with E-state index in [9.17, 15) is 0 Å². The van der Waals surface area contributed by atoms with E-state index in [1.807, 2.05) is 0 Å². The highest BCUT2D eigenvalue weighted by Gasteiger charge is 2.39. The first-order valence-electron chi connectivity index (χ1n) is 8.88. The van der Waals surface area contributed by atoms with Gasteiger partial charge in [0.15, 0.2) is 0 Å². The van der Waals surface area contributed by atoms with Crippen LogP contribution in [0.5, 0.6) is 0 Å². The largest absolute Gasteiger partial charge is 0.308 e. The fourth-order valence-electron chi connectivity index (χ4n) is 4.55. The van der Waals surface area contributed by atoms with Gasteiger partial charge in [-0.25, -0.2) is 0 Å². The van der Waals surface area contributed by atoms with E-state index in [1.165, 1.54) is 77.5 Å². The Balaban J connectivity index is 1.61. The molecule has 2 heterocycles. The van der Waals surface area contributed by atoms with Crippen LogP contribution in [0.3, 0.4) is 0 Å². The Morgan fingerprint density at radius 1 is 1.10 bits per heavy atom. The lowest BCUT2D eigenvalue weighted by Gasteiger charge is -2.50. The van der Waals surface area contributed by atoms with Crippen molar-refractivity contribution in [3.63, 3.8) is 0 Å². The smallest absolute Gasteiger partial charge is 0.0309 e. The lowest BCUT2D eigenvalue weighted by molar-refractivity contribution is 0.0341. The van der Waals surface area contributed by atoms with Gasteiger partial charge in [0.1, 0.15) is 0 Å². The average Bonchev–Trinajstić information content (AvgIpc) is 2.47. The van der Waals surface area contributed by atoms with E-state index in [1.54, 1.807) is 0 Å². The molecule has 1 N–H and O–H groups in total. The third kappa shape index (κ3) is 3.20. The zero-order valence-corrected chi connectivity index (χ0v) is 13.5. The molecule has 3 aliphatic rings. The summed E-state index contributed by atoms with van der Waals surface area (Å²) >= 11 is 0. The van der Waals surface area contributed by atoms with Gasteiger partial charge in [-0.2, -0.15) is 0 Å². The zero-order chi connectivity index (χ0) is 14.0. The lowest BCUT2D eigenvalue weighted by atomic mass is 9.79. The first kappa shape index (κ1) is 14.8. The summed E-state index contributed by atoms with van der Waals surface area (Å²) in [5.41, 5.74) is 0.456. The molecule has 0 bridgehead atoms. The first-order chi connectivity index (χ1) is 9.69. The van der Waals surface area contributed by atoms with Crippen molar-refractivity contribution in [1.82, 2.24) is 15.1 Å². The maximum Gasteiger partial charge on any atom is 0.0309 e.